The minimum absolute atomic E-state index is 0.552. The Hall–Kier alpha value is -1.35. The summed E-state index contributed by atoms with van der Waals surface area (Å²) in [7, 11) is 1.91. The first-order valence-corrected chi connectivity index (χ1v) is 5.70. The fourth-order valence-electron chi connectivity index (χ4n) is 1.42. The molecule has 88 valence electrons. The lowest BCUT2D eigenvalue weighted by atomic mass is 10.0. The number of hydrogen-bond donors (Lipinski definition) is 2. The van der Waals surface area contributed by atoms with E-state index in [1.807, 2.05) is 19.2 Å². The third kappa shape index (κ3) is 3.66. The molecule has 0 bridgehead atoms. The molecule has 0 saturated heterocycles. The first-order chi connectivity index (χ1) is 7.65. The lowest BCUT2D eigenvalue weighted by Gasteiger charge is -2.06. The minimum atomic E-state index is 0.552. The van der Waals surface area contributed by atoms with E-state index in [2.05, 4.69) is 36.3 Å². The van der Waals surface area contributed by atoms with Gasteiger partial charge in [0.15, 0.2) is 0 Å². The Labute approximate surface area is 97.8 Å². The summed E-state index contributed by atoms with van der Waals surface area (Å²) in [5.74, 6) is 1.17. The smallest absolute Gasteiger partial charge is 0.125 e. The first kappa shape index (κ1) is 12.7. The monoisotopic (exact) mass is 219 g/mol. The van der Waals surface area contributed by atoms with E-state index in [0.717, 1.165) is 12.1 Å². The van der Waals surface area contributed by atoms with Crippen LogP contribution in [0.3, 0.4) is 0 Å². The molecule has 0 unspecified atom stereocenters. The molecule has 1 aromatic rings. The van der Waals surface area contributed by atoms with Crippen LogP contribution in [0.1, 0.15) is 30.9 Å². The van der Waals surface area contributed by atoms with Crippen LogP contribution in [0.2, 0.25) is 0 Å². The zero-order valence-electron chi connectivity index (χ0n) is 10.3. The summed E-state index contributed by atoms with van der Waals surface area (Å²) in [6, 6.07) is 8.29. The van der Waals surface area contributed by atoms with Crippen LogP contribution in [0.5, 0.6) is 0 Å². The largest absolute Gasteiger partial charge is 0.384 e. The number of nitrogens with zero attached hydrogens (tertiary/aromatic N) is 1. The summed E-state index contributed by atoms with van der Waals surface area (Å²) in [5.41, 5.74) is 8.21. The molecule has 1 rings (SSSR count). The van der Waals surface area contributed by atoms with Gasteiger partial charge in [0, 0.05) is 12.1 Å². The number of nitrogens with two attached hydrogens (primary N) is 1. The van der Waals surface area contributed by atoms with Gasteiger partial charge >= 0.3 is 0 Å². The average molecular weight is 219 g/mol. The van der Waals surface area contributed by atoms with Gasteiger partial charge < -0.3 is 11.1 Å². The van der Waals surface area contributed by atoms with Gasteiger partial charge in [0.05, 0.1) is 6.54 Å². The third-order valence-electron chi connectivity index (χ3n) is 2.52. The van der Waals surface area contributed by atoms with E-state index < -0.39 is 0 Å². The molecule has 0 aliphatic heterocycles. The van der Waals surface area contributed by atoms with Crippen LogP contribution in [-0.4, -0.2) is 26.0 Å². The van der Waals surface area contributed by atoms with Gasteiger partial charge in [0.25, 0.3) is 0 Å². The van der Waals surface area contributed by atoms with Crippen molar-refractivity contribution in [2.45, 2.75) is 19.8 Å². The summed E-state index contributed by atoms with van der Waals surface area (Å²) >= 11 is 0. The second kappa shape index (κ2) is 6.28. The highest BCUT2D eigenvalue weighted by Crippen LogP contribution is 2.14. The van der Waals surface area contributed by atoms with Crippen LogP contribution in [0.4, 0.5) is 0 Å². The van der Waals surface area contributed by atoms with Gasteiger partial charge in [0.1, 0.15) is 5.84 Å². The van der Waals surface area contributed by atoms with Gasteiger partial charge in [0.2, 0.25) is 0 Å². The van der Waals surface area contributed by atoms with Crippen LogP contribution >= 0.6 is 0 Å². The Morgan fingerprint density at radius 3 is 2.44 bits per heavy atom. The number of rotatable bonds is 5. The summed E-state index contributed by atoms with van der Waals surface area (Å²) in [5, 5.41) is 3.04. The summed E-state index contributed by atoms with van der Waals surface area (Å²) < 4.78 is 0. The lowest BCUT2D eigenvalue weighted by molar-refractivity contribution is 0.802. The molecule has 0 saturated carbocycles. The van der Waals surface area contributed by atoms with Crippen molar-refractivity contribution in [1.29, 1.82) is 0 Å². The highest BCUT2D eigenvalue weighted by atomic mass is 14.9. The van der Waals surface area contributed by atoms with Crippen LogP contribution < -0.4 is 11.1 Å². The van der Waals surface area contributed by atoms with E-state index >= 15 is 0 Å². The van der Waals surface area contributed by atoms with Crippen LogP contribution in [0.25, 0.3) is 0 Å². The maximum atomic E-state index is 5.88. The van der Waals surface area contributed by atoms with Gasteiger partial charge in [-0.2, -0.15) is 0 Å². The molecular formula is C13H21N3. The Bertz CT molecular complexity index is 339. The predicted molar refractivity (Wildman–Crippen MR) is 70.0 cm³/mol. The molecule has 0 atom stereocenters. The normalized spacial score (nSPS) is 12.1. The zero-order valence-corrected chi connectivity index (χ0v) is 10.3. The molecule has 0 aliphatic carbocycles. The molecule has 0 heterocycles. The van der Waals surface area contributed by atoms with Gasteiger partial charge in [-0.3, -0.25) is 4.99 Å². The number of aliphatic imine (C=N–C) groups is 1. The van der Waals surface area contributed by atoms with E-state index in [-0.39, 0.29) is 0 Å². The first-order valence-electron chi connectivity index (χ1n) is 5.70. The molecule has 1 aromatic carbocycles. The number of hydrogen-bond acceptors (Lipinski definition) is 2. The van der Waals surface area contributed by atoms with E-state index in [0.29, 0.717) is 18.3 Å². The summed E-state index contributed by atoms with van der Waals surface area (Å²) in [6.07, 6.45) is 0. The molecule has 0 fully saturated rings. The summed E-state index contributed by atoms with van der Waals surface area (Å²) in [4.78, 5) is 4.29. The van der Waals surface area contributed by atoms with Crippen molar-refractivity contribution in [2.24, 2.45) is 10.7 Å². The maximum absolute atomic E-state index is 5.88. The highest BCUT2D eigenvalue weighted by molar-refractivity contribution is 5.97. The second-order valence-corrected chi connectivity index (χ2v) is 4.15. The predicted octanol–water partition coefficient (Wildman–Crippen LogP) is 1.73. The molecular weight excluding hydrogens is 198 g/mol. The average Bonchev–Trinajstić information content (AvgIpc) is 2.29. The van der Waals surface area contributed by atoms with E-state index in [1.54, 1.807) is 0 Å². The van der Waals surface area contributed by atoms with E-state index in [9.17, 15) is 0 Å². The van der Waals surface area contributed by atoms with Crippen molar-refractivity contribution in [1.82, 2.24) is 5.32 Å². The van der Waals surface area contributed by atoms with Crippen LogP contribution in [0.15, 0.2) is 29.3 Å². The Kier molecular flexibility index (Phi) is 4.99. The van der Waals surface area contributed by atoms with Crippen molar-refractivity contribution >= 4 is 5.84 Å². The molecule has 0 aromatic heterocycles. The Balaban J connectivity index is 2.69. The zero-order chi connectivity index (χ0) is 12.0. The molecule has 0 aliphatic rings. The quantitative estimate of drug-likeness (QED) is 0.450. The Morgan fingerprint density at radius 2 is 1.94 bits per heavy atom. The minimum Gasteiger partial charge on any atom is -0.384 e. The van der Waals surface area contributed by atoms with E-state index in [1.165, 1.54) is 5.56 Å². The number of nitrogens with one attached hydrogen (secondary N) is 1. The standard InChI is InChI=1S/C13H21N3/c1-10(2)11-4-6-12(7-5-11)13(14)16-9-8-15-3/h4-7,10,15H,8-9H2,1-3H3,(H2,14,16). The van der Waals surface area contributed by atoms with Gasteiger partial charge in [-0.15, -0.1) is 0 Å². The highest BCUT2D eigenvalue weighted by Gasteiger charge is 2.01. The van der Waals surface area contributed by atoms with Crippen molar-refractivity contribution in [3.8, 4) is 0 Å². The SMILES string of the molecule is CNCCN=C(N)c1ccc(C(C)C)cc1. The fraction of sp³-hybridized carbons (Fsp3) is 0.462. The lowest BCUT2D eigenvalue weighted by Crippen LogP contribution is -2.17. The Morgan fingerprint density at radius 1 is 1.31 bits per heavy atom. The van der Waals surface area contributed by atoms with Crippen molar-refractivity contribution in [3.63, 3.8) is 0 Å². The molecule has 0 radical (unpaired) electrons. The van der Waals surface area contributed by atoms with Crippen LogP contribution in [-0.2, 0) is 0 Å². The molecule has 3 N–H and O–H groups in total. The van der Waals surface area contributed by atoms with Gasteiger partial charge in [-0.25, -0.2) is 0 Å². The van der Waals surface area contributed by atoms with Crippen molar-refractivity contribution < 1.29 is 0 Å². The maximum Gasteiger partial charge on any atom is 0.125 e. The van der Waals surface area contributed by atoms with E-state index in [4.69, 9.17) is 5.73 Å². The molecule has 0 amide bonds. The third-order valence-corrected chi connectivity index (χ3v) is 2.52. The molecule has 16 heavy (non-hydrogen) atoms. The van der Waals surface area contributed by atoms with Crippen LogP contribution in [0, 0.1) is 0 Å². The summed E-state index contributed by atoms with van der Waals surface area (Å²) in [6.45, 7) is 5.93. The number of benzene rings is 1. The van der Waals surface area contributed by atoms with Crippen molar-refractivity contribution in [2.75, 3.05) is 20.1 Å². The fourth-order valence-corrected chi connectivity index (χ4v) is 1.42. The van der Waals surface area contributed by atoms with Gasteiger partial charge in [-0.05, 0) is 18.5 Å². The number of likely N-dealkylation sites (N-methyl/N-ethyl adjacent to an activating group) is 1. The van der Waals surface area contributed by atoms with Gasteiger partial charge in [-0.1, -0.05) is 38.1 Å². The molecule has 0 spiro atoms. The molecule has 3 nitrogen and oxygen atoms in total. The molecule has 3 heteroatoms. The second-order valence-electron chi connectivity index (χ2n) is 4.15. The number of amidine groups is 1. The topological polar surface area (TPSA) is 50.4 Å². The van der Waals surface area contributed by atoms with Crippen molar-refractivity contribution in [3.05, 3.63) is 35.4 Å².